The Balaban J connectivity index is 1.63. The van der Waals surface area contributed by atoms with Crippen LogP contribution in [0.2, 0.25) is 0 Å². The molecular formula is C16H21FN2O. The molecule has 0 spiro atoms. The van der Waals surface area contributed by atoms with Crippen molar-refractivity contribution in [3.63, 3.8) is 0 Å². The summed E-state index contributed by atoms with van der Waals surface area (Å²) in [5, 5.41) is 0. The Morgan fingerprint density at radius 3 is 2.80 bits per heavy atom. The van der Waals surface area contributed by atoms with Crippen LogP contribution in [0.4, 0.5) is 4.39 Å². The van der Waals surface area contributed by atoms with Gasteiger partial charge in [-0.05, 0) is 42.7 Å². The maximum Gasteiger partial charge on any atom is 0.227 e. The van der Waals surface area contributed by atoms with Gasteiger partial charge in [0, 0.05) is 19.1 Å². The van der Waals surface area contributed by atoms with E-state index in [9.17, 15) is 9.18 Å². The lowest BCUT2D eigenvalue weighted by molar-refractivity contribution is -0.129. The molecule has 1 unspecified atom stereocenters. The van der Waals surface area contributed by atoms with Gasteiger partial charge >= 0.3 is 0 Å². The minimum absolute atomic E-state index is 0.0399. The molecular weight excluding hydrogens is 255 g/mol. The predicted molar refractivity (Wildman–Crippen MR) is 75.5 cm³/mol. The van der Waals surface area contributed by atoms with Gasteiger partial charge < -0.3 is 10.6 Å². The monoisotopic (exact) mass is 276 g/mol. The summed E-state index contributed by atoms with van der Waals surface area (Å²) in [7, 11) is 0. The molecule has 1 aromatic rings. The lowest BCUT2D eigenvalue weighted by Crippen LogP contribution is -2.32. The van der Waals surface area contributed by atoms with E-state index in [4.69, 9.17) is 5.73 Å². The smallest absolute Gasteiger partial charge is 0.227 e. The van der Waals surface area contributed by atoms with Crippen molar-refractivity contribution in [3.05, 3.63) is 35.6 Å². The maximum absolute atomic E-state index is 13.6. The van der Waals surface area contributed by atoms with Crippen LogP contribution in [0, 0.1) is 17.7 Å². The fourth-order valence-electron chi connectivity index (χ4n) is 3.59. The quantitative estimate of drug-likeness (QED) is 0.897. The van der Waals surface area contributed by atoms with Crippen LogP contribution >= 0.6 is 0 Å². The molecule has 0 aromatic heterocycles. The predicted octanol–water partition coefficient (Wildman–Crippen LogP) is 1.95. The molecule has 1 heterocycles. The van der Waals surface area contributed by atoms with Gasteiger partial charge in [-0.2, -0.15) is 0 Å². The highest BCUT2D eigenvalue weighted by Crippen LogP contribution is 2.35. The Hall–Kier alpha value is -1.42. The van der Waals surface area contributed by atoms with Crippen LogP contribution in [0.15, 0.2) is 24.3 Å². The summed E-state index contributed by atoms with van der Waals surface area (Å²) in [6.45, 7) is 1.62. The minimum atomic E-state index is -0.292. The number of nitrogens with zero attached hydrogens (tertiary/aromatic N) is 1. The largest absolute Gasteiger partial charge is 0.342 e. The molecule has 20 heavy (non-hydrogen) atoms. The van der Waals surface area contributed by atoms with E-state index in [1.54, 1.807) is 18.2 Å². The number of amides is 1. The molecule has 1 amide bonds. The zero-order valence-corrected chi connectivity index (χ0v) is 11.6. The number of benzene rings is 1. The molecule has 1 saturated heterocycles. The first kappa shape index (κ1) is 13.6. The Bertz CT molecular complexity index is 505. The summed E-state index contributed by atoms with van der Waals surface area (Å²) in [5.74, 6) is 0.889. The van der Waals surface area contributed by atoms with E-state index in [1.165, 1.54) is 6.07 Å². The van der Waals surface area contributed by atoms with Gasteiger partial charge in [-0.3, -0.25) is 4.79 Å². The molecule has 2 N–H and O–H groups in total. The van der Waals surface area contributed by atoms with E-state index in [0.29, 0.717) is 17.4 Å². The SMILES string of the molecule is NC1CC[C@@H]2CN(C(=O)Cc3ccccc3F)C[C@@H]2C1. The van der Waals surface area contributed by atoms with Gasteiger partial charge in [0.15, 0.2) is 0 Å². The summed E-state index contributed by atoms with van der Waals surface area (Å²) in [6, 6.07) is 6.80. The van der Waals surface area contributed by atoms with Crippen molar-refractivity contribution in [1.29, 1.82) is 0 Å². The second-order valence-electron chi connectivity index (χ2n) is 6.16. The van der Waals surface area contributed by atoms with Crippen LogP contribution in [0.5, 0.6) is 0 Å². The highest BCUT2D eigenvalue weighted by atomic mass is 19.1. The van der Waals surface area contributed by atoms with Crippen molar-refractivity contribution in [3.8, 4) is 0 Å². The van der Waals surface area contributed by atoms with E-state index in [0.717, 1.165) is 32.4 Å². The molecule has 1 aliphatic heterocycles. The number of hydrogen-bond acceptors (Lipinski definition) is 2. The van der Waals surface area contributed by atoms with Crippen LogP contribution in [-0.4, -0.2) is 29.9 Å². The molecule has 3 rings (SSSR count). The number of halogens is 1. The van der Waals surface area contributed by atoms with Crippen molar-refractivity contribution in [2.24, 2.45) is 17.6 Å². The second-order valence-corrected chi connectivity index (χ2v) is 6.16. The molecule has 1 aliphatic carbocycles. The number of fused-ring (bicyclic) bond motifs is 1. The number of carbonyl (C=O) groups excluding carboxylic acids is 1. The van der Waals surface area contributed by atoms with E-state index in [-0.39, 0.29) is 24.2 Å². The molecule has 1 saturated carbocycles. The minimum Gasteiger partial charge on any atom is -0.342 e. The third-order valence-corrected chi connectivity index (χ3v) is 4.74. The third kappa shape index (κ3) is 2.70. The number of nitrogens with two attached hydrogens (primary N) is 1. The van der Waals surface area contributed by atoms with E-state index >= 15 is 0 Å². The Kier molecular flexibility index (Phi) is 3.74. The molecule has 0 radical (unpaired) electrons. The van der Waals surface area contributed by atoms with Gasteiger partial charge in [0.2, 0.25) is 5.91 Å². The molecule has 4 heteroatoms. The second kappa shape index (κ2) is 5.52. The molecule has 0 bridgehead atoms. The lowest BCUT2D eigenvalue weighted by Gasteiger charge is -2.27. The molecule has 3 nitrogen and oxygen atoms in total. The number of rotatable bonds is 2. The van der Waals surface area contributed by atoms with Crippen LogP contribution in [0.3, 0.4) is 0 Å². The number of likely N-dealkylation sites (tertiary alicyclic amines) is 1. The van der Waals surface area contributed by atoms with Crippen molar-refractivity contribution in [1.82, 2.24) is 4.90 Å². The highest BCUT2D eigenvalue weighted by molar-refractivity contribution is 5.79. The summed E-state index contributed by atoms with van der Waals surface area (Å²) >= 11 is 0. The molecule has 1 aromatic carbocycles. The van der Waals surface area contributed by atoms with Crippen molar-refractivity contribution >= 4 is 5.91 Å². The molecule has 108 valence electrons. The van der Waals surface area contributed by atoms with Crippen molar-refractivity contribution in [2.45, 2.75) is 31.7 Å². The van der Waals surface area contributed by atoms with Crippen LogP contribution in [-0.2, 0) is 11.2 Å². The normalized spacial score (nSPS) is 29.3. The third-order valence-electron chi connectivity index (χ3n) is 4.74. The summed E-state index contributed by atoms with van der Waals surface area (Å²) in [4.78, 5) is 14.2. The fraction of sp³-hybridized carbons (Fsp3) is 0.562. The average Bonchev–Trinajstić information content (AvgIpc) is 2.84. The van der Waals surface area contributed by atoms with Crippen LogP contribution in [0.25, 0.3) is 0 Å². The van der Waals surface area contributed by atoms with Crippen molar-refractivity contribution in [2.75, 3.05) is 13.1 Å². The van der Waals surface area contributed by atoms with Crippen LogP contribution in [0.1, 0.15) is 24.8 Å². The molecule has 2 fully saturated rings. The van der Waals surface area contributed by atoms with Gasteiger partial charge in [-0.25, -0.2) is 4.39 Å². The summed E-state index contributed by atoms with van der Waals surface area (Å²) in [6.07, 6.45) is 3.37. The lowest BCUT2D eigenvalue weighted by atomic mass is 9.79. The Labute approximate surface area is 118 Å². The van der Waals surface area contributed by atoms with E-state index in [2.05, 4.69) is 0 Å². The first-order valence-corrected chi connectivity index (χ1v) is 7.40. The van der Waals surface area contributed by atoms with E-state index < -0.39 is 0 Å². The first-order chi connectivity index (χ1) is 9.63. The first-order valence-electron chi connectivity index (χ1n) is 7.40. The van der Waals surface area contributed by atoms with Gasteiger partial charge in [0.1, 0.15) is 5.82 Å². The zero-order valence-electron chi connectivity index (χ0n) is 11.6. The Morgan fingerprint density at radius 1 is 1.25 bits per heavy atom. The summed E-state index contributed by atoms with van der Waals surface area (Å²) in [5.41, 5.74) is 6.49. The Morgan fingerprint density at radius 2 is 2.00 bits per heavy atom. The number of carbonyl (C=O) groups is 1. The highest BCUT2D eigenvalue weighted by Gasteiger charge is 2.38. The van der Waals surface area contributed by atoms with E-state index in [1.807, 2.05) is 4.90 Å². The van der Waals surface area contributed by atoms with Gasteiger partial charge in [-0.15, -0.1) is 0 Å². The zero-order chi connectivity index (χ0) is 14.1. The maximum atomic E-state index is 13.6. The van der Waals surface area contributed by atoms with Crippen LogP contribution < -0.4 is 5.73 Å². The molecule has 2 aliphatic rings. The topological polar surface area (TPSA) is 46.3 Å². The van der Waals surface area contributed by atoms with Crippen molar-refractivity contribution < 1.29 is 9.18 Å². The summed E-state index contributed by atoms with van der Waals surface area (Å²) < 4.78 is 13.6. The number of hydrogen-bond donors (Lipinski definition) is 1. The molecule has 3 atom stereocenters. The van der Waals surface area contributed by atoms with Gasteiger partial charge in [-0.1, -0.05) is 18.2 Å². The van der Waals surface area contributed by atoms with Gasteiger partial charge in [0.05, 0.1) is 6.42 Å². The standard InChI is InChI=1S/C16H21FN2O/c17-15-4-2-1-3-11(15)8-16(20)19-9-12-5-6-14(18)7-13(12)10-19/h1-4,12-14H,5-10,18H2/t12-,13+,14?/m1/s1. The van der Waals surface area contributed by atoms with Gasteiger partial charge in [0.25, 0.3) is 0 Å². The fourth-order valence-corrected chi connectivity index (χ4v) is 3.59. The average molecular weight is 276 g/mol.